The number of hydrogen-bond donors (Lipinski definition) is 6. The van der Waals surface area contributed by atoms with Crippen molar-refractivity contribution in [2.45, 2.75) is 133 Å². The minimum Gasteiger partial charge on any atom is -0.429 e. The van der Waals surface area contributed by atoms with Crippen molar-refractivity contribution in [3.8, 4) is 11.5 Å². The van der Waals surface area contributed by atoms with Crippen LogP contribution in [0.15, 0.2) is 139 Å². The van der Waals surface area contributed by atoms with E-state index in [-0.39, 0.29) is 29.6 Å². The Morgan fingerprint density at radius 2 is 1.39 bits per heavy atom. The van der Waals surface area contributed by atoms with E-state index in [1.165, 1.54) is 90.3 Å². The molecule has 10 rings (SSSR count). The van der Waals surface area contributed by atoms with Crippen LogP contribution in [0.1, 0.15) is 132 Å². The number of rotatable bonds is 28. The molecule has 3 atom stereocenters. The summed E-state index contributed by atoms with van der Waals surface area (Å²) < 4.78 is 14.0. The molecular formula is C67H81N13O8S2. The number of urea groups is 1. The maximum absolute atomic E-state index is 13.0. The summed E-state index contributed by atoms with van der Waals surface area (Å²) in [4.78, 5) is 99.2. The lowest BCUT2D eigenvalue weighted by Gasteiger charge is -2.16. The first kappa shape index (κ1) is 68.7. The number of ether oxygens (including phenoxy) is 2. The molecule has 3 unspecified atom stereocenters. The van der Waals surface area contributed by atoms with Crippen LogP contribution in [0, 0.1) is 0 Å². The zero-order valence-corrected chi connectivity index (χ0v) is 53.4. The Hall–Kier alpha value is -8.80. The van der Waals surface area contributed by atoms with Crippen LogP contribution in [-0.2, 0) is 14.4 Å². The number of carbonyl (C=O) groups excluding carboxylic acids is 6. The van der Waals surface area contributed by atoms with Gasteiger partial charge in [-0.3, -0.25) is 48.6 Å². The zero-order valence-electron chi connectivity index (χ0n) is 51.7. The third-order valence-electron chi connectivity index (χ3n) is 14.5. The molecule has 21 nitrogen and oxygen atoms in total. The van der Waals surface area contributed by atoms with Crippen molar-refractivity contribution >= 4 is 110 Å². The Balaban J connectivity index is 0.000000207. The summed E-state index contributed by atoms with van der Waals surface area (Å²) in [5.41, 5.74) is 3.19. The molecule has 4 aromatic carbocycles. The van der Waals surface area contributed by atoms with Crippen LogP contribution < -0.4 is 45.7 Å². The summed E-state index contributed by atoms with van der Waals surface area (Å²) >= 11 is 3.60. The second-order valence-corrected chi connectivity index (χ2v) is 23.4. The molecule has 23 heteroatoms. The number of benzene rings is 4. The number of unbranched alkanes of at least 4 members (excludes halogenated alkanes) is 8. The predicted molar refractivity (Wildman–Crippen MR) is 358 cm³/mol. The van der Waals surface area contributed by atoms with Crippen LogP contribution >= 0.6 is 23.7 Å². The van der Waals surface area contributed by atoms with Gasteiger partial charge in [0, 0.05) is 121 Å². The summed E-state index contributed by atoms with van der Waals surface area (Å²) in [5, 5.41) is 18.8. The number of esters is 1. The van der Waals surface area contributed by atoms with Gasteiger partial charge >= 0.3 is 12.0 Å². The number of amides is 5. The number of carbonyl (C=O) groups is 6. The molecule has 2 fully saturated rings. The van der Waals surface area contributed by atoms with Gasteiger partial charge in [-0.1, -0.05) is 102 Å². The van der Waals surface area contributed by atoms with Crippen molar-refractivity contribution in [1.82, 2.24) is 50.6 Å². The Kier molecular flexibility index (Phi) is 28.4. The van der Waals surface area contributed by atoms with Crippen molar-refractivity contribution < 1.29 is 38.2 Å². The van der Waals surface area contributed by atoms with Crippen LogP contribution in [0.3, 0.4) is 0 Å². The number of anilines is 3. The van der Waals surface area contributed by atoms with Gasteiger partial charge in [-0.25, -0.2) is 14.8 Å². The zero-order chi connectivity index (χ0) is 63.9. The molecule has 0 saturated carbocycles. The van der Waals surface area contributed by atoms with E-state index in [0.29, 0.717) is 75.6 Å². The van der Waals surface area contributed by atoms with Gasteiger partial charge in [0.2, 0.25) is 5.91 Å². The number of hydrogen-bond acceptors (Lipinski definition) is 18. The molecular weight excluding hydrogens is 1180 g/mol. The highest BCUT2D eigenvalue weighted by atomic mass is 32.2. The molecule has 2 saturated heterocycles. The normalized spacial score (nSPS) is 14.4. The smallest absolute Gasteiger partial charge is 0.315 e. The molecule has 2 aliphatic heterocycles. The molecule has 0 spiro atoms. The third kappa shape index (κ3) is 21.2. The highest BCUT2D eigenvalue weighted by molar-refractivity contribution is 8.00. The maximum Gasteiger partial charge on any atom is 0.315 e. The number of aromatic nitrogens is 6. The highest BCUT2D eigenvalue weighted by Crippen LogP contribution is 2.35. The summed E-state index contributed by atoms with van der Waals surface area (Å²) in [6.45, 7) is 8.24. The number of nitrogens with one attached hydrogen (secondary N) is 6. The van der Waals surface area contributed by atoms with Crippen LogP contribution in [0.5, 0.6) is 11.5 Å². The SMILES string of the molecule is CC.CCCCCCCNC(=O)CCCCC1SCC2NC(=O)NC21.CN(C)c1cccc2c(SNCCCCCCC(=O)Oc3cc(C(=O)Nc4cnccn4)c4ncccc4c3)cccc12.O=COc1cc(NC(=O)c2cnccn2)c2ncccc2c1. The van der Waals surface area contributed by atoms with Crippen LogP contribution in [0.4, 0.5) is 22.0 Å². The Morgan fingerprint density at radius 3 is 2.13 bits per heavy atom. The molecule has 5 amide bonds. The fourth-order valence-corrected chi connectivity index (χ4v) is 12.5. The quantitative estimate of drug-likeness (QED) is 0.00664. The van der Waals surface area contributed by atoms with Crippen molar-refractivity contribution in [3.63, 3.8) is 0 Å². The van der Waals surface area contributed by atoms with Gasteiger partial charge < -0.3 is 41.0 Å². The molecule has 90 heavy (non-hydrogen) atoms. The van der Waals surface area contributed by atoms with Gasteiger partial charge in [-0.05, 0) is 91.9 Å². The van der Waals surface area contributed by atoms with Gasteiger partial charge in [-0.15, -0.1) is 0 Å². The Labute approximate surface area is 534 Å². The van der Waals surface area contributed by atoms with E-state index in [2.05, 4.69) is 124 Å². The second kappa shape index (κ2) is 37.3. The number of fused-ring (bicyclic) bond motifs is 4. The molecule has 8 aromatic rings. The van der Waals surface area contributed by atoms with Gasteiger partial charge in [0.05, 0.1) is 46.8 Å². The van der Waals surface area contributed by atoms with E-state index < -0.39 is 11.8 Å². The average molecular weight is 1260 g/mol. The van der Waals surface area contributed by atoms with Gasteiger partial charge in [0.25, 0.3) is 18.3 Å². The molecule has 0 bridgehead atoms. The van der Waals surface area contributed by atoms with E-state index in [4.69, 9.17) is 9.47 Å². The number of nitrogens with zero attached hydrogens (tertiary/aromatic N) is 7. The number of thioether (sulfide) groups is 1. The van der Waals surface area contributed by atoms with Crippen LogP contribution in [-0.4, -0.2) is 116 Å². The molecule has 2 aliphatic rings. The van der Waals surface area contributed by atoms with Gasteiger partial charge in [-0.2, -0.15) is 11.8 Å². The van der Waals surface area contributed by atoms with E-state index >= 15 is 0 Å². The average Bonchev–Trinajstić information content (AvgIpc) is 1.94. The molecule has 0 radical (unpaired) electrons. The van der Waals surface area contributed by atoms with Crippen molar-refractivity contribution in [1.29, 1.82) is 0 Å². The summed E-state index contributed by atoms with van der Waals surface area (Å²) in [6.07, 6.45) is 25.8. The lowest BCUT2D eigenvalue weighted by atomic mass is 10.0. The topological polar surface area (TPSA) is 274 Å². The fourth-order valence-electron chi connectivity index (χ4n) is 10.1. The Bertz CT molecular complexity index is 3610. The first-order valence-electron chi connectivity index (χ1n) is 30.7. The minimum absolute atomic E-state index is 0.0244. The van der Waals surface area contributed by atoms with Crippen molar-refractivity contribution in [2.24, 2.45) is 0 Å². The maximum atomic E-state index is 13.0. The third-order valence-corrected chi connectivity index (χ3v) is 16.9. The lowest BCUT2D eigenvalue weighted by molar-refractivity contribution is -0.134. The first-order valence-corrected chi connectivity index (χ1v) is 32.6. The standard InChI is InChI=1S/C33H34N6O3S.C17H31N3O2S.C15H10N4O3.C2H6/c1-39(2)28-13-7-12-26-25(28)11-8-14-29(26)43-37-17-6-4-3-5-15-31(40)42-24-20-23-10-9-16-36-32(23)27(21-24)33(41)38-30-22-34-18-19-35-30;1-2-3-4-5-8-11-18-15(21)10-7-6-9-14-16-13(12-23-14)19-17(22)20-16;20-9-22-11-6-10-2-1-3-18-14(10)12(7-11)19-15(21)13-8-16-4-5-17-13;1-2/h7-14,16,18-22,37H,3-6,15,17H2,1-2H3,(H,35,38,41);13-14,16H,2-12H2,1H3,(H,18,21)(H2,19,20,22);1-9H,(H,19,21);1-2H3. The Morgan fingerprint density at radius 1 is 0.689 bits per heavy atom. The molecule has 6 heterocycles. The van der Waals surface area contributed by atoms with Crippen LogP contribution in [0.25, 0.3) is 32.6 Å². The van der Waals surface area contributed by atoms with Crippen molar-refractivity contribution in [3.05, 3.63) is 146 Å². The summed E-state index contributed by atoms with van der Waals surface area (Å²) in [5.74, 6) is 0.966. The summed E-state index contributed by atoms with van der Waals surface area (Å²) in [6, 6.07) is 27.0. The lowest BCUT2D eigenvalue weighted by Crippen LogP contribution is -2.36. The fraction of sp³-hybridized carbons (Fsp3) is 0.373. The van der Waals surface area contributed by atoms with E-state index in [1.807, 2.05) is 31.7 Å². The predicted octanol–water partition coefficient (Wildman–Crippen LogP) is 12.3. The van der Waals surface area contributed by atoms with E-state index in [0.717, 1.165) is 75.6 Å². The minimum atomic E-state index is -0.427. The van der Waals surface area contributed by atoms with Crippen LogP contribution in [0.2, 0.25) is 0 Å². The van der Waals surface area contributed by atoms with Crippen molar-refractivity contribution in [2.75, 3.05) is 48.5 Å². The molecule has 6 N–H and O–H groups in total. The largest absolute Gasteiger partial charge is 0.429 e. The number of pyridine rings is 2. The van der Waals surface area contributed by atoms with E-state index in [1.54, 1.807) is 60.7 Å². The van der Waals surface area contributed by atoms with Gasteiger partial charge in [0.15, 0.2) is 5.82 Å². The summed E-state index contributed by atoms with van der Waals surface area (Å²) in [7, 11) is 4.13. The second-order valence-electron chi connectivity index (χ2n) is 21.2. The van der Waals surface area contributed by atoms with Gasteiger partial charge in [0.1, 0.15) is 17.2 Å². The van der Waals surface area contributed by atoms with E-state index in [9.17, 15) is 28.8 Å². The monoisotopic (exact) mass is 1260 g/mol. The molecule has 4 aromatic heterocycles. The molecule has 474 valence electrons. The first-order chi connectivity index (χ1) is 44.0. The molecule has 0 aliphatic carbocycles. The highest BCUT2D eigenvalue weighted by Gasteiger charge is 2.42.